The third kappa shape index (κ3) is 23.8. The van der Waals surface area contributed by atoms with Crippen LogP contribution in [0.25, 0.3) is 0 Å². The lowest BCUT2D eigenvalue weighted by Crippen LogP contribution is -2.16. The second kappa shape index (κ2) is 26.3. The number of unbranched alkanes of at least 4 members (excludes halogenated alkanes) is 17. The molecule has 0 saturated heterocycles. The zero-order valence-electron chi connectivity index (χ0n) is 22.9. The van der Waals surface area contributed by atoms with Crippen LogP contribution in [-0.4, -0.2) is 24.6 Å². The molecule has 4 nitrogen and oxygen atoms in total. The van der Waals surface area contributed by atoms with Crippen molar-refractivity contribution in [3.8, 4) is 0 Å². The standard InChI is InChI=1S/C30H56O4/c1-4-7-8-9-10-11-12-13-14-15-16-17-18-19-20-21-22-23-27-33-29(31)25-26-30(32)34-28(6-3)24-5-2/h25-26,28H,4-24,27H2,1-3H3/b26-25+. The van der Waals surface area contributed by atoms with E-state index >= 15 is 0 Å². The normalized spacial score (nSPS) is 12.2. The Morgan fingerprint density at radius 3 is 1.38 bits per heavy atom. The summed E-state index contributed by atoms with van der Waals surface area (Å²) in [6.07, 6.45) is 29.0. The SMILES string of the molecule is CCCCCCCCCCCCCCCCCCCCOC(=O)/C=C/C(=O)OC(CC)CCC. The summed E-state index contributed by atoms with van der Waals surface area (Å²) in [4.78, 5) is 23.4. The van der Waals surface area contributed by atoms with Gasteiger partial charge in [-0.05, 0) is 19.3 Å². The third-order valence-electron chi connectivity index (χ3n) is 6.45. The Kier molecular flexibility index (Phi) is 25.3. The zero-order valence-corrected chi connectivity index (χ0v) is 22.9. The Hall–Kier alpha value is -1.32. The molecule has 0 N–H and O–H groups in total. The topological polar surface area (TPSA) is 52.6 Å². The summed E-state index contributed by atoms with van der Waals surface area (Å²) in [5, 5.41) is 0. The molecule has 0 fully saturated rings. The molecule has 0 aliphatic carbocycles. The fourth-order valence-electron chi connectivity index (χ4n) is 4.23. The van der Waals surface area contributed by atoms with Gasteiger partial charge in [-0.25, -0.2) is 9.59 Å². The molecule has 200 valence electrons. The molecular weight excluding hydrogens is 424 g/mol. The van der Waals surface area contributed by atoms with E-state index in [2.05, 4.69) is 13.8 Å². The highest BCUT2D eigenvalue weighted by atomic mass is 16.5. The highest BCUT2D eigenvalue weighted by Crippen LogP contribution is 2.14. The average Bonchev–Trinajstić information content (AvgIpc) is 2.83. The number of hydrogen-bond acceptors (Lipinski definition) is 4. The van der Waals surface area contributed by atoms with Gasteiger partial charge in [0, 0.05) is 12.2 Å². The molecule has 0 spiro atoms. The molecule has 0 heterocycles. The molecule has 4 heteroatoms. The van der Waals surface area contributed by atoms with E-state index < -0.39 is 11.9 Å². The largest absolute Gasteiger partial charge is 0.463 e. The summed E-state index contributed by atoms with van der Waals surface area (Å²) < 4.78 is 10.5. The number of esters is 2. The third-order valence-corrected chi connectivity index (χ3v) is 6.45. The summed E-state index contributed by atoms with van der Waals surface area (Å²) in [5.74, 6) is -0.933. The van der Waals surface area contributed by atoms with Gasteiger partial charge in [-0.15, -0.1) is 0 Å². The number of carbonyl (C=O) groups excluding carboxylic acids is 2. The first kappa shape index (κ1) is 32.7. The molecular formula is C30H56O4. The van der Waals surface area contributed by atoms with Gasteiger partial charge in [0.05, 0.1) is 6.61 Å². The summed E-state index contributed by atoms with van der Waals surface area (Å²) >= 11 is 0. The molecule has 0 aliphatic rings. The zero-order chi connectivity index (χ0) is 25.1. The van der Waals surface area contributed by atoms with Crippen molar-refractivity contribution in [2.75, 3.05) is 6.61 Å². The van der Waals surface area contributed by atoms with Gasteiger partial charge in [-0.1, -0.05) is 136 Å². The Balaban J connectivity index is 3.37. The lowest BCUT2D eigenvalue weighted by Gasteiger charge is -2.13. The molecule has 0 radical (unpaired) electrons. The highest BCUT2D eigenvalue weighted by molar-refractivity contribution is 5.91. The number of carbonyl (C=O) groups is 2. The Morgan fingerprint density at radius 2 is 0.971 bits per heavy atom. The number of rotatable bonds is 25. The van der Waals surface area contributed by atoms with Gasteiger partial charge in [0.2, 0.25) is 0 Å². The minimum Gasteiger partial charge on any atom is -0.463 e. The van der Waals surface area contributed by atoms with Crippen LogP contribution in [0.5, 0.6) is 0 Å². The van der Waals surface area contributed by atoms with Crippen LogP contribution in [0, 0.1) is 0 Å². The summed E-state index contributed by atoms with van der Waals surface area (Å²) in [5.41, 5.74) is 0. The fourth-order valence-corrected chi connectivity index (χ4v) is 4.23. The van der Waals surface area contributed by atoms with E-state index in [0.717, 1.165) is 32.1 Å². The summed E-state index contributed by atoms with van der Waals surface area (Å²) in [6, 6.07) is 0. The summed E-state index contributed by atoms with van der Waals surface area (Å²) in [6.45, 7) is 6.75. The van der Waals surface area contributed by atoms with Gasteiger partial charge in [-0.2, -0.15) is 0 Å². The van der Waals surface area contributed by atoms with Gasteiger partial charge < -0.3 is 9.47 Å². The van der Waals surface area contributed by atoms with Crippen molar-refractivity contribution < 1.29 is 19.1 Å². The second-order valence-corrected chi connectivity index (χ2v) is 9.77. The predicted molar refractivity (Wildman–Crippen MR) is 144 cm³/mol. The van der Waals surface area contributed by atoms with Gasteiger partial charge in [0.1, 0.15) is 6.10 Å². The maximum Gasteiger partial charge on any atom is 0.331 e. The lowest BCUT2D eigenvalue weighted by atomic mass is 10.0. The lowest BCUT2D eigenvalue weighted by molar-refractivity contribution is -0.144. The van der Waals surface area contributed by atoms with E-state index in [0.29, 0.717) is 6.61 Å². The molecule has 0 rings (SSSR count). The van der Waals surface area contributed by atoms with E-state index in [-0.39, 0.29) is 6.10 Å². The minimum atomic E-state index is -0.467. The Morgan fingerprint density at radius 1 is 0.559 bits per heavy atom. The van der Waals surface area contributed by atoms with Crippen LogP contribution in [0.1, 0.15) is 156 Å². The molecule has 0 bridgehead atoms. The van der Waals surface area contributed by atoms with Crippen molar-refractivity contribution in [1.29, 1.82) is 0 Å². The van der Waals surface area contributed by atoms with Crippen LogP contribution in [0.2, 0.25) is 0 Å². The highest BCUT2D eigenvalue weighted by Gasteiger charge is 2.09. The van der Waals surface area contributed by atoms with Gasteiger partial charge >= 0.3 is 11.9 Å². The molecule has 0 aromatic carbocycles. The van der Waals surface area contributed by atoms with Gasteiger partial charge in [0.25, 0.3) is 0 Å². The maximum absolute atomic E-state index is 11.7. The first-order chi connectivity index (χ1) is 16.6. The summed E-state index contributed by atoms with van der Waals surface area (Å²) in [7, 11) is 0. The van der Waals surface area contributed by atoms with Crippen molar-refractivity contribution in [3.05, 3.63) is 12.2 Å². The van der Waals surface area contributed by atoms with Crippen molar-refractivity contribution in [2.24, 2.45) is 0 Å². The van der Waals surface area contributed by atoms with E-state index in [4.69, 9.17) is 9.47 Å². The molecule has 34 heavy (non-hydrogen) atoms. The van der Waals surface area contributed by atoms with Crippen LogP contribution < -0.4 is 0 Å². The van der Waals surface area contributed by atoms with E-state index in [1.54, 1.807) is 0 Å². The quantitative estimate of drug-likeness (QED) is 0.0742. The van der Waals surface area contributed by atoms with E-state index in [1.807, 2.05) is 6.92 Å². The number of hydrogen-bond donors (Lipinski definition) is 0. The number of ether oxygens (including phenoxy) is 2. The van der Waals surface area contributed by atoms with Crippen LogP contribution in [0.4, 0.5) is 0 Å². The minimum absolute atomic E-state index is 0.0714. The first-order valence-electron chi connectivity index (χ1n) is 14.7. The maximum atomic E-state index is 11.7. The molecule has 0 amide bonds. The monoisotopic (exact) mass is 480 g/mol. The second-order valence-electron chi connectivity index (χ2n) is 9.77. The Bertz CT molecular complexity index is 486. The van der Waals surface area contributed by atoms with Gasteiger partial charge in [0.15, 0.2) is 0 Å². The average molecular weight is 481 g/mol. The molecule has 0 aliphatic heterocycles. The Labute approximate surface area is 211 Å². The molecule has 1 unspecified atom stereocenters. The fraction of sp³-hybridized carbons (Fsp3) is 0.867. The smallest absolute Gasteiger partial charge is 0.331 e. The van der Waals surface area contributed by atoms with Crippen LogP contribution in [0.15, 0.2) is 12.2 Å². The van der Waals surface area contributed by atoms with Crippen molar-refractivity contribution in [2.45, 2.75) is 162 Å². The molecule has 0 saturated carbocycles. The van der Waals surface area contributed by atoms with E-state index in [9.17, 15) is 9.59 Å². The van der Waals surface area contributed by atoms with Crippen LogP contribution in [-0.2, 0) is 19.1 Å². The van der Waals surface area contributed by atoms with Gasteiger partial charge in [-0.3, -0.25) is 0 Å². The van der Waals surface area contributed by atoms with Crippen LogP contribution in [0.3, 0.4) is 0 Å². The molecule has 0 aromatic heterocycles. The van der Waals surface area contributed by atoms with E-state index in [1.165, 1.54) is 115 Å². The van der Waals surface area contributed by atoms with Crippen LogP contribution >= 0.6 is 0 Å². The molecule has 1 atom stereocenters. The van der Waals surface area contributed by atoms with Crippen molar-refractivity contribution in [3.63, 3.8) is 0 Å². The first-order valence-corrected chi connectivity index (χ1v) is 14.7. The van der Waals surface area contributed by atoms with Crippen molar-refractivity contribution >= 4 is 11.9 Å². The van der Waals surface area contributed by atoms with Crippen molar-refractivity contribution in [1.82, 2.24) is 0 Å². The predicted octanol–water partition coefficient (Wildman–Crippen LogP) is 9.25. The molecule has 0 aromatic rings.